The molecule has 1 aliphatic heterocycles. The lowest BCUT2D eigenvalue weighted by Gasteiger charge is -2.20. The smallest absolute Gasteiger partial charge is 0.387 e. The molecule has 1 amide bonds. The number of ether oxygens (including phenoxy) is 1. The third kappa shape index (κ3) is 13.8. The van der Waals surface area contributed by atoms with Gasteiger partial charge in [0.25, 0.3) is 0 Å². The molecule has 0 aromatic heterocycles. The third-order valence-electron chi connectivity index (χ3n) is 4.89. The highest BCUT2D eigenvalue weighted by Gasteiger charge is 2.46. The number of phosphoric acid groups is 3. The van der Waals surface area contributed by atoms with E-state index in [-0.39, 0.29) is 18.0 Å². The van der Waals surface area contributed by atoms with Gasteiger partial charge < -0.3 is 46.4 Å². The van der Waals surface area contributed by atoms with Gasteiger partial charge >= 0.3 is 29.4 Å². The summed E-state index contributed by atoms with van der Waals surface area (Å²) < 4.78 is 58.5. The molecule has 22 heteroatoms. The van der Waals surface area contributed by atoms with Crippen molar-refractivity contribution in [1.82, 2.24) is 5.32 Å². The van der Waals surface area contributed by atoms with Crippen molar-refractivity contribution in [2.45, 2.75) is 64.1 Å². The maximum absolute atomic E-state index is 12.2. The molecule has 7 atom stereocenters. The van der Waals surface area contributed by atoms with E-state index in [9.17, 15) is 43.4 Å². The van der Waals surface area contributed by atoms with Gasteiger partial charge in [0.1, 0.15) is 24.0 Å². The van der Waals surface area contributed by atoms with Crippen LogP contribution < -0.4 is 16.8 Å². The van der Waals surface area contributed by atoms with E-state index in [0.717, 1.165) is 6.42 Å². The predicted molar refractivity (Wildman–Crippen MR) is 144 cm³/mol. The Morgan fingerprint density at radius 2 is 1.63 bits per heavy atom. The first kappa shape index (κ1) is 37.2. The van der Waals surface area contributed by atoms with Gasteiger partial charge in [0.2, 0.25) is 0 Å². The molecule has 41 heavy (non-hydrogen) atoms. The van der Waals surface area contributed by atoms with Gasteiger partial charge in [0, 0.05) is 11.9 Å². The number of aliphatic hydroxyl groups excluding tert-OH is 2. The third-order valence-corrected chi connectivity index (χ3v) is 9.18. The summed E-state index contributed by atoms with van der Waals surface area (Å²) in [5.41, 5.74) is 10.1. The number of nitrogens with zero attached hydrogens (tertiary/aromatic N) is 2. The average molecular weight is 651 g/mol. The van der Waals surface area contributed by atoms with Gasteiger partial charge in [-0.15, -0.1) is 6.58 Å². The number of amides is 1. The average Bonchev–Trinajstić information content (AvgIpc) is 3.09. The molecular weight excluding hydrogens is 615 g/mol. The molecule has 19 nitrogen and oxygen atoms in total. The monoisotopic (exact) mass is 651 g/mol. The first-order valence-corrected chi connectivity index (χ1v) is 16.3. The van der Waals surface area contributed by atoms with E-state index in [1.165, 1.54) is 20.1 Å². The van der Waals surface area contributed by atoms with Gasteiger partial charge in [0.05, 0.1) is 13.2 Å². The number of carbonyl (C=O) groups is 1. The molecule has 0 aromatic rings. The number of aliphatic imine (C=N–C) groups is 2. The molecule has 1 heterocycles. The molecule has 0 aliphatic carbocycles. The number of nitrogens with one attached hydrogen (secondary N) is 1. The molecule has 0 aromatic carbocycles. The van der Waals surface area contributed by atoms with Crippen LogP contribution in [0, 0.1) is 0 Å². The molecule has 5 unspecified atom stereocenters. The fraction of sp³-hybridized carbons (Fsp3) is 0.632. The number of nitrogens with two attached hydrogens (primary N) is 2. The zero-order valence-corrected chi connectivity index (χ0v) is 24.9. The quantitative estimate of drug-likeness (QED) is 0.0246. The van der Waals surface area contributed by atoms with Crippen LogP contribution >= 0.6 is 23.5 Å². The Morgan fingerprint density at radius 1 is 1.02 bits per heavy atom. The molecule has 1 fully saturated rings. The molecule has 0 saturated carbocycles. The van der Waals surface area contributed by atoms with E-state index in [0.29, 0.717) is 19.3 Å². The van der Waals surface area contributed by atoms with E-state index in [2.05, 4.69) is 39.5 Å². The zero-order valence-electron chi connectivity index (χ0n) is 22.2. The largest absolute Gasteiger partial charge is 0.490 e. The molecule has 1 saturated heterocycles. The highest BCUT2D eigenvalue weighted by atomic mass is 31.3. The molecule has 0 radical (unpaired) electrons. The summed E-state index contributed by atoms with van der Waals surface area (Å²) >= 11 is 0. The van der Waals surface area contributed by atoms with Crippen LogP contribution in [0.15, 0.2) is 34.0 Å². The van der Waals surface area contributed by atoms with Crippen molar-refractivity contribution in [3.8, 4) is 0 Å². The highest BCUT2D eigenvalue weighted by molar-refractivity contribution is 7.66. The normalized spacial score (nSPS) is 25.9. The second-order valence-electron chi connectivity index (χ2n) is 8.26. The summed E-state index contributed by atoms with van der Waals surface area (Å²) in [6.07, 6.45) is -1.05. The number of hydrogen-bond donors (Lipinski definition) is 8. The van der Waals surface area contributed by atoms with Crippen molar-refractivity contribution < 1.29 is 65.8 Å². The van der Waals surface area contributed by atoms with Crippen LogP contribution in [0.3, 0.4) is 0 Å². The lowest BCUT2D eigenvalue weighted by Crippen LogP contribution is -2.40. The van der Waals surface area contributed by atoms with E-state index in [1.54, 1.807) is 6.08 Å². The number of phosphoric ester groups is 2. The molecule has 0 spiro atoms. The minimum Gasteiger partial charge on any atom is -0.387 e. The second kappa shape index (κ2) is 16.7. The Morgan fingerprint density at radius 3 is 2.20 bits per heavy atom. The molecule has 1 aliphatic rings. The topological polar surface area (TPSA) is 304 Å². The molecule has 10 N–H and O–H groups in total. The van der Waals surface area contributed by atoms with Crippen LogP contribution in [0.4, 0.5) is 0 Å². The van der Waals surface area contributed by atoms with Gasteiger partial charge in [-0.2, -0.15) is 13.6 Å². The number of carbonyl (C=O) groups excluding carboxylic acids is 1. The predicted octanol–water partition coefficient (Wildman–Crippen LogP) is 0.259. The summed E-state index contributed by atoms with van der Waals surface area (Å²) in [5, 5.41) is 23.1. The summed E-state index contributed by atoms with van der Waals surface area (Å²) in [4.78, 5) is 48.4. The van der Waals surface area contributed by atoms with Crippen LogP contribution in [0.25, 0.3) is 0 Å². The standard InChI is InChI=1S/C19H36N5O14P3/c1-4-6-7-8-9-10-34-39(28,29)37-41(32,33)38-40(30,31)35-11-13-15(25)16(26)18(36-13)23-12(3)14(22-5-2)17(27)24-19(20)21/h4-5,13,15-16,18,23,25-26H,1,6-11H2,2-3H3,(H,28,29)(H,30,31)(H,32,33)(H4,20,21,24,27)/b14-12-,22-5?/t13-,15?,16?,18-/m1/s1. The Hall–Kier alpha value is -1.82. The van der Waals surface area contributed by atoms with Crippen LogP contribution in [0.5, 0.6) is 0 Å². The molecular formula is C19H36N5O14P3. The van der Waals surface area contributed by atoms with Gasteiger partial charge in [-0.05, 0) is 33.1 Å². The van der Waals surface area contributed by atoms with E-state index in [1.807, 2.05) is 0 Å². The fourth-order valence-electron chi connectivity index (χ4n) is 3.14. The Bertz CT molecular complexity index is 1140. The fourth-order valence-corrected chi connectivity index (χ4v) is 6.68. The number of rotatable bonds is 18. The van der Waals surface area contributed by atoms with Gasteiger partial charge in [-0.3, -0.25) is 18.8 Å². The minimum absolute atomic E-state index is 0.0119. The molecule has 1 rings (SSSR count). The number of aliphatic hydroxyl groups is 2. The molecule has 0 bridgehead atoms. The number of unbranched alkanes of at least 4 members (excludes halogenated alkanes) is 3. The summed E-state index contributed by atoms with van der Waals surface area (Å²) in [6.45, 7) is 5.09. The van der Waals surface area contributed by atoms with Crippen LogP contribution in [-0.2, 0) is 40.9 Å². The van der Waals surface area contributed by atoms with Gasteiger partial charge in [0.15, 0.2) is 12.2 Å². The SMILES string of the molecule is C=CCCCCCOP(=O)(O)OP(=O)(O)OP(=O)(O)OC[C@H]1O[C@@H](N/C(C)=C(\N=CC)C(=O)N=C(N)N)C(O)C1O. The lowest BCUT2D eigenvalue weighted by atomic mass is 10.1. The highest BCUT2D eigenvalue weighted by Crippen LogP contribution is 2.67. The van der Waals surface area contributed by atoms with Crippen molar-refractivity contribution in [2.24, 2.45) is 21.5 Å². The first-order chi connectivity index (χ1) is 18.9. The Kier molecular flexibility index (Phi) is 15.2. The minimum atomic E-state index is -5.69. The summed E-state index contributed by atoms with van der Waals surface area (Å²) in [6, 6.07) is 0. The van der Waals surface area contributed by atoms with Crippen molar-refractivity contribution in [3.05, 3.63) is 24.0 Å². The van der Waals surface area contributed by atoms with Crippen LogP contribution in [-0.4, -0.2) is 80.7 Å². The maximum Gasteiger partial charge on any atom is 0.490 e. The van der Waals surface area contributed by atoms with E-state index >= 15 is 0 Å². The molecule has 236 valence electrons. The summed E-state index contributed by atoms with van der Waals surface area (Å²) in [7, 11) is -16.4. The number of hydrogen-bond acceptors (Lipinski definition) is 13. The lowest BCUT2D eigenvalue weighted by molar-refractivity contribution is -0.114. The van der Waals surface area contributed by atoms with E-state index in [4.69, 9.17) is 16.2 Å². The second-order valence-corrected chi connectivity index (χ2v) is 12.9. The summed E-state index contributed by atoms with van der Waals surface area (Å²) in [5.74, 6) is -1.47. The zero-order chi connectivity index (χ0) is 31.4. The van der Waals surface area contributed by atoms with E-state index < -0.39 is 66.5 Å². The van der Waals surface area contributed by atoms with Crippen molar-refractivity contribution in [2.75, 3.05) is 13.2 Å². The van der Waals surface area contributed by atoms with Crippen LogP contribution in [0.2, 0.25) is 0 Å². The Balaban J connectivity index is 2.76. The number of guanidine groups is 1. The van der Waals surface area contributed by atoms with Gasteiger partial charge in [-0.25, -0.2) is 13.7 Å². The Labute approximate surface area is 235 Å². The first-order valence-electron chi connectivity index (χ1n) is 11.9. The maximum atomic E-state index is 12.2. The van der Waals surface area contributed by atoms with Crippen molar-refractivity contribution >= 4 is 41.5 Å². The van der Waals surface area contributed by atoms with Crippen molar-refractivity contribution in [3.63, 3.8) is 0 Å². The number of allylic oxidation sites excluding steroid dienone is 2. The van der Waals surface area contributed by atoms with Crippen molar-refractivity contribution in [1.29, 1.82) is 0 Å². The van der Waals surface area contributed by atoms with Crippen LogP contribution in [0.1, 0.15) is 39.5 Å². The van der Waals surface area contributed by atoms with Gasteiger partial charge in [-0.1, -0.05) is 12.5 Å².